The standard InChI is InChI=1S/C11H8N4O/c12-5-9(14-6-16)10-7-3-1-2-4-8(7)11(13)15-10/h1-4,6,15H,13H2. The van der Waals surface area contributed by atoms with E-state index in [0.717, 1.165) is 10.8 Å². The number of carbonyl (C=O) groups excluding carboxylic acids is 1. The van der Waals surface area contributed by atoms with Gasteiger partial charge in [0, 0.05) is 10.8 Å². The molecule has 0 saturated heterocycles. The van der Waals surface area contributed by atoms with Gasteiger partial charge in [-0.15, -0.1) is 0 Å². The number of hydrogen-bond acceptors (Lipinski definition) is 3. The Labute approximate surface area is 91.2 Å². The Morgan fingerprint density at radius 1 is 1.44 bits per heavy atom. The van der Waals surface area contributed by atoms with Gasteiger partial charge in [-0.25, -0.2) is 4.99 Å². The van der Waals surface area contributed by atoms with Gasteiger partial charge in [0.2, 0.25) is 6.41 Å². The van der Waals surface area contributed by atoms with Crippen molar-refractivity contribution < 1.29 is 4.79 Å². The number of nitrogen functional groups attached to an aromatic ring is 1. The highest BCUT2D eigenvalue weighted by atomic mass is 16.1. The number of aliphatic imine (C=N–C) groups is 1. The number of hydrogen-bond donors (Lipinski definition) is 2. The number of amides is 1. The van der Waals surface area contributed by atoms with Crippen LogP contribution in [0.1, 0.15) is 5.69 Å². The normalized spacial score (nSPS) is 11.3. The minimum atomic E-state index is 0.0305. The van der Waals surface area contributed by atoms with Crippen LogP contribution >= 0.6 is 0 Å². The highest BCUT2D eigenvalue weighted by Crippen LogP contribution is 2.24. The van der Waals surface area contributed by atoms with Crippen LogP contribution in [0.5, 0.6) is 0 Å². The summed E-state index contributed by atoms with van der Waals surface area (Å²) in [5, 5.41) is 10.5. The van der Waals surface area contributed by atoms with E-state index in [2.05, 4.69) is 9.98 Å². The molecule has 78 valence electrons. The molecule has 2 rings (SSSR count). The zero-order valence-corrected chi connectivity index (χ0v) is 8.27. The van der Waals surface area contributed by atoms with Gasteiger partial charge in [-0.1, -0.05) is 24.3 Å². The van der Waals surface area contributed by atoms with Crippen LogP contribution in [-0.4, -0.2) is 17.1 Å². The second-order valence-electron chi connectivity index (χ2n) is 3.15. The summed E-state index contributed by atoms with van der Waals surface area (Å²) in [5.74, 6) is 0.458. The number of aromatic amines is 1. The minimum absolute atomic E-state index is 0.0305. The molecule has 5 heteroatoms. The van der Waals surface area contributed by atoms with Gasteiger partial charge in [0.25, 0.3) is 0 Å². The van der Waals surface area contributed by atoms with E-state index >= 15 is 0 Å². The predicted molar refractivity (Wildman–Crippen MR) is 60.9 cm³/mol. The highest BCUT2D eigenvalue weighted by Gasteiger charge is 2.12. The summed E-state index contributed by atoms with van der Waals surface area (Å²) in [5.41, 5.74) is 6.26. The smallest absolute Gasteiger partial charge is 0.234 e. The van der Waals surface area contributed by atoms with Crippen molar-refractivity contribution >= 4 is 28.7 Å². The molecule has 3 N–H and O–H groups in total. The lowest BCUT2D eigenvalue weighted by Crippen LogP contribution is -1.99. The van der Waals surface area contributed by atoms with E-state index in [-0.39, 0.29) is 5.71 Å². The SMILES string of the molecule is N#CC(=NC=O)c1[nH]c(N)c2ccccc12. The van der Waals surface area contributed by atoms with E-state index in [9.17, 15) is 4.79 Å². The number of carbonyl (C=O) groups is 1. The third kappa shape index (κ3) is 1.42. The van der Waals surface area contributed by atoms with E-state index < -0.39 is 0 Å². The number of benzene rings is 1. The van der Waals surface area contributed by atoms with Crippen LogP contribution in [0.4, 0.5) is 5.82 Å². The monoisotopic (exact) mass is 212 g/mol. The fourth-order valence-electron chi connectivity index (χ4n) is 1.59. The zero-order valence-electron chi connectivity index (χ0n) is 8.27. The third-order valence-corrected chi connectivity index (χ3v) is 2.27. The van der Waals surface area contributed by atoms with Gasteiger partial charge in [-0.3, -0.25) is 4.79 Å². The first-order chi connectivity index (χ1) is 7.77. The minimum Gasteiger partial charge on any atom is -0.385 e. The quantitative estimate of drug-likeness (QED) is 0.578. The van der Waals surface area contributed by atoms with Crippen LogP contribution in [0, 0.1) is 11.3 Å². The Morgan fingerprint density at radius 3 is 2.75 bits per heavy atom. The molecule has 1 heterocycles. The first kappa shape index (κ1) is 9.93. The van der Waals surface area contributed by atoms with E-state index in [1.165, 1.54) is 0 Å². The first-order valence-corrected chi connectivity index (χ1v) is 4.56. The van der Waals surface area contributed by atoms with Crippen molar-refractivity contribution in [2.45, 2.75) is 0 Å². The number of aromatic nitrogens is 1. The van der Waals surface area contributed by atoms with E-state index in [1.54, 1.807) is 0 Å². The van der Waals surface area contributed by atoms with Crippen LogP contribution in [0.3, 0.4) is 0 Å². The van der Waals surface area contributed by atoms with Gasteiger partial charge in [0.05, 0.1) is 5.69 Å². The molecule has 2 aromatic rings. The molecule has 1 aromatic heterocycles. The Bertz CT molecular complexity index is 618. The Kier molecular flexibility index (Phi) is 2.40. The summed E-state index contributed by atoms with van der Waals surface area (Å²) >= 11 is 0. The molecule has 0 aliphatic heterocycles. The number of rotatable bonds is 2. The van der Waals surface area contributed by atoms with Crippen molar-refractivity contribution in [2.75, 3.05) is 5.73 Å². The van der Waals surface area contributed by atoms with E-state index in [4.69, 9.17) is 11.0 Å². The van der Waals surface area contributed by atoms with Crippen molar-refractivity contribution in [1.82, 2.24) is 4.98 Å². The molecule has 0 fully saturated rings. The largest absolute Gasteiger partial charge is 0.385 e. The molecule has 0 aliphatic carbocycles. The van der Waals surface area contributed by atoms with Crippen LogP contribution in [0.15, 0.2) is 29.3 Å². The number of fused-ring (bicyclic) bond motifs is 1. The molecular weight excluding hydrogens is 204 g/mol. The van der Waals surface area contributed by atoms with Crippen molar-refractivity contribution in [3.8, 4) is 6.07 Å². The molecule has 0 spiro atoms. The summed E-state index contributed by atoms with van der Waals surface area (Å²) in [4.78, 5) is 16.6. The van der Waals surface area contributed by atoms with Crippen LogP contribution < -0.4 is 5.73 Å². The Balaban J connectivity index is 2.75. The van der Waals surface area contributed by atoms with Crippen molar-refractivity contribution in [3.63, 3.8) is 0 Å². The van der Waals surface area contributed by atoms with Crippen LogP contribution in [0.2, 0.25) is 0 Å². The average Bonchev–Trinajstić information content (AvgIpc) is 2.65. The van der Waals surface area contributed by atoms with Gasteiger partial charge in [-0.05, 0) is 0 Å². The molecule has 1 amide bonds. The predicted octanol–water partition coefficient (Wildman–Crippen LogP) is 1.22. The lowest BCUT2D eigenvalue weighted by atomic mass is 10.1. The van der Waals surface area contributed by atoms with E-state index in [0.29, 0.717) is 17.9 Å². The van der Waals surface area contributed by atoms with E-state index in [1.807, 2.05) is 30.3 Å². The fourth-order valence-corrected chi connectivity index (χ4v) is 1.59. The molecule has 1 aromatic carbocycles. The average molecular weight is 212 g/mol. The molecule has 0 unspecified atom stereocenters. The first-order valence-electron chi connectivity index (χ1n) is 4.56. The molecule has 5 nitrogen and oxygen atoms in total. The zero-order chi connectivity index (χ0) is 11.5. The van der Waals surface area contributed by atoms with Gasteiger partial charge in [-0.2, -0.15) is 5.26 Å². The maximum absolute atomic E-state index is 10.3. The molecule has 16 heavy (non-hydrogen) atoms. The number of anilines is 1. The second kappa shape index (κ2) is 3.87. The van der Waals surface area contributed by atoms with Gasteiger partial charge < -0.3 is 10.7 Å². The van der Waals surface area contributed by atoms with Gasteiger partial charge in [0.1, 0.15) is 11.9 Å². The van der Waals surface area contributed by atoms with Crippen molar-refractivity contribution in [3.05, 3.63) is 30.0 Å². The van der Waals surface area contributed by atoms with Gasteiger partial charge in [0.15, 0.2) is 5.71 Å². The summed E-state index contributed by atoms with van der Waals surface area (Å²) in [6.07, 6.45) is 0.338. The lowest BCUT2D eigenvalue weighted by molar-refractivity contribution is -0.106. The Hall–Kier alpha value is -2.61. The van der Waals surface area contributed by atoms with Crippen LogP contribution in [0.25, 0.3) is 10.8 Å². The number of nitrogens with one attached hydrogen (secondary N) is 1. The summed E-state index contributed by atoms with van der Waals surface area (Å²) in [6, 6.07) is 9.18. The number of H-pyrrole nitrogens is 1. The number of nitriles is 1. The topological polar surface area (TPSA) is 95.0 Å². The van der Waals surface area contributed by atoms with Crippen molar-refractivity contribution in [1.29, 1.82) is 5.26 Å². The summed E-state index contributed by atoms with van der Waals surface area (Å²) in [7, 11) is 0. The molecule has 0 atom stereocenters. The highest BCUT2D eigenvalue weighted by molar-refractivity contribution is 6.20. The molecule has 0 aliphatic rings. The van der Waals surface area contributed by atoms with Gasteiger partial charge >= 0.3 is 0 Å². The molecule has 0 bridgehead atoms. The summed E-state index contributed by atoms with van der Waals surface area (Å²) < 4.78 is 0. The number of nitrogens with zero attached hydrogens (tertiary/aromatic N) is 2. The van der Waals surface area contributed by atoms with Crippen molar-refractivity contribution in [2.24, 2.45) is 4.99 Å². The fraction of sp³-hybridized carbons (Fsp3) is 0. The maximum Gasteiger partial charge on any atom is 0.234 e. The second-order valence-corrected chi connectivity index (χ2v) is 3.15. The molecule has 0 radical (unpaired) electrons. The molecular formula is C11H8N4O. The molecule has 0 saturated carbocycles. The Morgan fingerprint density at radius 2 is 2.12 bits per heavy atom. The maximum atomic E-state index is 10.3. The summed E-state index contributed by atoms with van der Waals surface area (Å²) in [6.45, 7) is 0. The number of nitrogens with two attached hydrogens (primary N) is 1. The lowest BCUT2D eigenvalue weighted by Gasteiger charge is -1.93. The third-order valence-electron chi connectivity index (χ3n) is 2.27. The van der Waals surface area contributed by atoms with Crippen LogP contribution in [-0.2, 0) is 4.79 Å².